The number of aliphatic imine (C=N–C) groups is 1. The summed E-state index contributed by atoms with van der Waals surface area (Å²) in [6, 6.07) is 3.42. The highest BCUT2D eigenvalue weighted by Gasteiger charge is 2.39. The highest BCUT2D eigenvalue weighted by molar-refractivity contribution is 5.99. The van der Waals surface area contributed by atoms with Crippen LogP contribution in [0.1, 0.15) is 73.5 Å². The molecule has 4 rings (SSSR count). The zero-order valence-corrected chi connectivity index (χ0v) is 33.8. The number of nitrogens with one attached hydrogen (secondary N) is 6. The number of carboxylic acid groups (broad SMARTS) is 1. The average Bonchev–Trinajstić information content (AvgIpc) is 3.95. The number of carboxylic acids is 1. The van der Waals surface area contributed by atoms with Gasteiger partial charge in [0.2, 0.25) is 29.5 Å². The fraction of sp³-hybridized carbons (Fsp3) is 0.450. The summed E-state index contributed by atoms with van der Waals surface area (Å²) < 4.78 is 0. The van der Waals surface area contributed by atoms with Crippen molar-refractivity contribution < 1.29 is 43.8 Å². The van der Waals surface area contributed by atoms with Crippen molar-refractivity contribution in [2.45, 2.75) is 94.9 Å². The lowest BCUT2D eigenvalue weighted by Gasteiger charge is -2.29. The summed E-state index contributed by atoms with van der Waals surface area (Å²) in [6.07, 6.45) is 7.58. The Kier molecular flexibility index (Phi) is 18.0. The number of imidazole rings is 1. The first-order chi connectivity index (χ1) is 29.2. The minimum absolute atomic E-state index is 0.00612. The Hall–Kier alpha value is -7.06. The van der Waals surface area contributed by atoms with E-state index in [-0.39, 0.29) is 75.4 Å². The van der Waals surface area contributed by atoms with Crippen LogP contribution >= 0.6 is 0 Å². The number of guanidine groups is 1. The standard InChI is InChI=1S/C40H54N12O9/c1-24(53)48-29(9-5-17-46-40(41)42)35(56)45-16-3-2-8-30(36(57)51-32(20-27-22-44-23-47-27)38(59)52-18-6-10-33(52)39(60)61)49-37(58)31(19-25-11-13-28(54)14-12-25)50-34(55)26-7-4-15-43-21-26/h4,7,11-15,21-23,29-33,54H,2-3,5-6,8-10,16-20H2,1H3,(H,44,47)(H,45,56)(H,48,53)(H,49,58)(H,50,55)(H,51,57)(H,60,61)(H4,41,42,46)/t29-,30-,31-,32-,33-/m0/s1. The zero-order chi connectivity index (χ0) is 44.3. The third kappa shape index (κ3) is 15.2. The van der Waals surface area contributed by atoms with E-state index in [1.165, 1.54) is 54.9 Å². The Labute approximate surface area is 351 Å². The molecule has 1 fully saturated rings. The molecule has 0 aliphatic carbocycles. The van der Waals surface area contributed by atoms with E-state index in [9.17, 15) is 43.8 Å². The van der Waals surface area contributed by atoms with Gasteiger partial charge in [-0.3, -0.25) is 38.7 Å². The molecule has 12 N–H and O–H groups in total. The van der Waals surface area contributed by atoms with Gasteiger partial charge >= 0.3 is 5.97 Å². The molecule has 0 unspecified atom stereocenters. The van der Waals surface area contributed by atoms with Gasteiger partial charge < -0.3 is 58.1 Å². The number of amides is 6. The van der Waals surface area contributed by atoms with Crippen molar-refractivity contribution in [2.75, 3.05) is 19.6 Å². The average molecular weight is 847 g/mol. The molecule has 1 aromatic carbocycles. The summed E-state index contributed by atoms with van der Waals surface area (Å²) in [5.41, 5.74) is 12.0. The monoisotopic (exact) mass is 846 g/mol. The zero-order valence-electron chi connectivity index (χ0n) is 33.8. The minimum Gasteiger partial charge on any atom is -0.508 e. The van der Waals surface area contributed by atoms with Crippen molar-refractivity contribution in [3.8, 4) is 5.75 Å². The topological polar surface area (TPSA) is 329 Å². The van der Waals surface area contributed by atoms with Gasteiger partial charge in [-0.25, -0.2) is 9.78 Å². The lowest BCUT2D eigenvalue weighted by Crippen LogP contribution is -2.58. The number of aliphatic carboxylic acids is 1. The molecule has 6 amide bonds. The molecule has 2 aromatic heterocycles. The third-order valence-corrected chi connectivity index (χ3v) is 9.83. The quantitative estimate of drug-likeness (QED) is 0.0311. The number of aromatic hydroxyl groups is 1. The maximum absolute atomic E-state index is 14.2. The smallest absolute Gasteiger partial charge is 0.326 e. The van der Waals surface area contributed by atoms with Gasteiger partial charge in [0.25, 0.3) is 5.91 Å². The molecule has 0 saturated carbocycles. The van der Waals surface area contributed by atoms with Gasteiger partial charge in [-0.05, 0) is 74.8 Å². The summed E-state index contributed by atoms with van der Waals surface area (Å²) in [5.74, 6) is -4.84. The van der Waals surface area contributed by atoms with Gasteiger partial charge in [0.1, 0.15) is 36.0 Å². The van der Waals surface area contributed by atoms with Crippen LogP contribution in [-0.2, 0) is 41.6 Å². The van der Waals surface area contributed by atoms with E-state index in [2.05, 4.69) is 46.5 Å². The Bertz CT molecular complexity index is 1980. The molecule has 21 nitrogen and oxygen atoms in total. The first-order valence-corrected chi connectivity index (χ1v) is 19.9. The first kappa shape index (κ1) is 46.6. The molecule has 1 saturated heterocycles. The van der Waals surface area contributed by atoms with Gasteiger partial charge in [0.05, 0.1) is 11.9 Å². The van der Waals surface area contributed by atoms with E-state index < -0.39 is 71.6 Å². The largest absolute Gasteiger partial charge is 0.508 e. The molecule has 1 aliphatic heterocycles. The minimum atomic E-state index is -1.28. The number of aromatic nitrogens is 3. The lowest BCUT2D eigenvalue weighted by atomic mass is 10.0. The third-order valence-electron chi connectivity index (χ3n) is 9.83. The summed E-state index contributed by atoms with van der Waals surface area (Å²) >= 11 is 0. The van der Waals surface area contributed by atoms with Gasteiger partial charge in [-0.1, -0.05) is 12.1 Å². The second-order valence-corrected chi connectivity index (χ2v) is 14.6. The molecule has 0 radical (unpaired) electrons. The van der Waals surface area contributed by atoms with E-state index in [4.69, 9.17) is 11.5 Å². The molecular weight excluding hydrogens is 793 g/mol. The summed E-state index contributed by atoms with van der Waals surface area (Å²) in [5, 5.41) is 33.2. The van der Waals surface area contributed by atoms with Crippen LogP contribution in [0.4, 0.5) is 0 Å². The number of benzene rings is 1. The van der Waals surface area contributed by atoms with Crippen LogP contribution in [0.25, 0.3) is 0 Å². The molecule has 328 valence electrons. The number of carbonyl (C=O) groups excluding carboxylic acids is 6. The van der Waals surface area contributed by atoms with Crippen LogP contribution in [0.15, 0.2) is 66.3 Å². The van der Waals surface area contributed by atoms with Crippen LogP contribution in [0, 0.1) is 0 Å². The number of phenolic OH excluding ortho intramolecular Hbond substituents is 1. The normalized spacial score (nSPS) is 15.3. The van der Waals surface area contributed by atoms with Crippen molar-refractivity contribution in [2.24, 2.45) is 16.5 Å². The van der Waals surface area contributed by atoms with Crippen molar-refractivity contribution >= 4 is 47.4 Å². The number of pyridine rings is 1. The lowest BCUT2D eigenvalue weighted by molar-refractivity contribution is -0.149. The molecular formula is C40H54N12O9. The number of aromatic amines is 1. The highest BCUT2D eigenvalue weighted by atomic mass is 16.4. The van der Waals surface area contributed by atoms with E-state index in [1.807, 2.05) is 0 Å². The first-order valence-electron chi connectivity index (χ1n) is 19.9. The van der Waals surface area contributed by atoms with Crippen molar-refractivity contribution in [1.29, 1.82) is 0 Å². The molecule has 0 bridgehead atoms. The Morgan fingerprint density at radius 3 is 2.21 bits per heavy atom. The SMILES string of the molecule is CC(=O)N[C@@H](CCCN=C(N)N)C(=O)NCCCC[C@H](NC(=O)[C@H](Cc1ccc(O)cc1)NC(=O)c1cccnc1)C(=O)N[C@@H](Cc1cnc[nH]1)C(=O)N1CCC[C@H]1C(=O)O. The number of unbranched alkanes of at least 4 members (excludes halogenated alkanes) is 1. The fourth-order valence-electron chi connectivity index (χ4n) is 6.76. The van der Waals surface area contributed by atoms with Gasteiger partial charge in [0.15, 0.2) is 5.96 Å². The van der Waals surface area contributed by atoms with Crippen LogP contribution < -0.4 is 38.1 Å². The predicted molar refractivity (Wildman–Crippen MR) is 220 cm³/mol. The van der Waals surface area contributed by atoms with E-state index >= 15 is 0 Å². The van der Waals surface area contributed by atoms with Gasteiger partial charge in [-0.15, -0.1) is 0 Å². The summed E-state index contributed by atoms with van der Waals surface area (Å²) in [4.78, 5) is 108. The highest BCUT2D eigenvalue weighted by Crippen LogP contribution is 2.20. The van der Waals surface area contributed by atoms with Crippen LogP contribution in [0.2, 0.25) is 0 Å². The number of nitrogens with two attached hydrogens (primary N) is 2. The number of carbonyl (C=O) groups is 7. The molecule has 0 spiro atoms. The molecule has 3 heterocycles. The summed E-state index contributed by atoms with van der Waals surface area (Å²) in [7, 11) is 0. The van der Waals surface area contributed by atoms with Gasteiger partial charge in [-0.2, -0.15) is 0 Å². The number of nitrogens with zero attached hydrogens (tertiary/aromatic N) is 4. The number of H-pyrrole nitrogens is 1. The molecule has 21 heteroatoms. The molecule has 5 atom stereocenters. The van der Waals surface area contributed by atoms with Gasteiger partial charge in [0, 0.05) is 63.7 Å². The molecule has 61 heavy (non-hydrogen) atoms. The number of hydrogen-bond donors (Lipinski definition) is 10. The Morgan fingerprint density at radius 2 is 1.56 bits per heavy atom. The maximum atomic E-state index is 14.2. The predicted octanol–water partition coefficient (Wildman–Crippen LogP) is -1.02. The molecule has 1 aliphatic rings. The van der Waals surface area contributed by atoms with Crippen molar-refractivity contribution in [3.63, 3.8) is 0 Å². The number of phenols is 1. The van der Waals surface area contributed by atoms with E-state index in [1.54, 1.807) is 18.2 Å². The number of likely N-dealkylation sites (tertiary alicyclic amines) is 1. The van der Waals surface area contributed by atoms with Crippen LogP contribution in [-0.4, -0.2) is 127 Å². The number of rotatable bonds is 23. The Balaban J connectivity index is 1.54. The van der Waals surface area contributed by atoms with Crippen LogP contribution in [0.5, 0.6) is 5.75 Å². The second-order valence-electron chi connectivity index (χ2n) is 14.6. The Morgan fingerprint density at radius 1 is 0.852 bits per heavy atom. The maximum Gasteiger partial charge on any atom is 0.326 e. The van der Waals surface area contributed by atoms with Crippen molar-refractivity contribution in [1.82, 2.24) is 46.4 Å². The fourth-order valence-corrected chi connectivity index (χ4v) is 6.76. The number of hydrogen-bond acceptors (Lipinski definition) is 11. The van der Waals surface area contributed by atoms with E-state index in [0.29, 0.717) is 30.5 Å². The molecule has 3 aromatic rings. The second kappa shape index (κ2) is 23.5. The van der Waals surface area contributed by atoms with Crippen LogP contribution in [0.3, 0.4) is 0 Å². The van der Waals surface area contributed by atoms with E-state index in [0.717, 1.165) is 0 Å². The van der Waals surface area contributed by atoms with Crippen molar-refractivity contribution in [3.05, 3.63) is 78.1 Å². The summed E-state index contributed by atoms with van der Waals surface area (Å²) in [6.45, 7) is 1.86.